The Bertz CT molecular complexity index is 869. The first-order valence-electron chi connectivity index (χ1n) is 9.95. The van der Waals surface area contributed by atoms with Gasteiger partial charge < -0.3 is 25.0 Å². The van der Waals surface area contributed by atoms with Crippen LogP contribution in [0.5, 0.6) is 11.5 Å². The van der Waals surface area contributed by atoms with Crippen LogP contribution in [0.15, 0.2) is 42.5 Å². The highest BCUT2D eigenvalue weighted by atomic mass is 16.5. The summed E-state index contributed by atoms with van der Waals surface area (Å²) in [5.41, 5.74) is 2.12. The first-order chi connectivity index (χ1) is 14.1. The molecule has 1 saturated heterocycles. The minimum absolute atomic E-state index is 0.0590. The lowest BCUT2D eigenvalue weighted by atomic mass is 10.2. The number of nitrogens with zero attached hydrogens (tertiary/aromatic N) is 1. The number of nitrogens with one attached hydrogen (secondary N) is 2. The van der Waals surface area contributed by atoms with Gasteiger partial charge in [-0.25, -0.2) is 0 Å². The van der Waals surface area contributed by atoms with Gasteiger partial charge in [0.15, 0.2) is 0 Å². The Hall–Kier alpha value is -3.22. The van der Waals surface area contributed by atoms with Crippen molar-refractivity contribution in [2.75, 3.05) is 41.8 Å². The predicted molar refractivity (Wildman–Crippen MR) is 114 cm³/mol. The van der Waals surface area contributed by atoms with E-state index in [9.17, 15) is 9.59 Å². The highest BCUT2D eigenvalue weighted by molar-refractivity contribution is 6.00. The fourth-order valence-corrected chi connectivity index (χ4v) is 3.28. The maximum absolute atomic E-state index is 12.6. The summed E-state index contributed by atoms with van der Waals surface area (Å²) in [5, 5.41) is 6.02. The highest BCUT2D eigenvalue weighted by Gasteiger charge is 2.23. The van der Waals surface area contributed by atoms with Gasteiger partial charge in [-0.1, -0.05) is 12.1 Å². The van der Waals surface area contributed by atoms with Gasteiger partial charge in [0.1, 0.15) is 11.5 Å². The van der Waals surface area contributed by atoms with E-state index in [0.29, 0.717) is 43.4 Å². The minimum atomic E-state index is -0.220. The molecule has 3 rings (SSSR count). The van der Waals surface area contributed by atoms with Crippen molar-refractivity contribution in [3.05, 3.63) is 42.5 Å². The van der Waals surface area contributed by atoms with Gasteiger partial charge in [0.25, 0.3) is 0 Å². The van der Waals surface area contributed by atoms with Gasteiger partial charge in [-0.15, -0.1) is 0 Å². The second-order valence-electron chi connectivity index (χ2n) is 6.59. The SMILES string of the molecule is CCOc1ccc(OCC)c(NC(=O)CNc2ccccc2N2CCCC2=O)c1. The van der Waals surface area contributed by atoms with Gasteiger partial charge in [-0.2, -0.15) is 0 Å². The van der Waals surface area contributed by atoms with Gasteiger partial charge >= 0.3 is 0 Å². The van der Waals surface area contributed by atoms with Crippen LogP contribution >= 0.6 is 0 Å². The second-order valence-corrected chi connectivity index (χ2v) is 6.59. The van der Waals surface area contributed by atoms with Gasteiger partial charge in [0.2, 0.25) is 11.8 Å². The van der Waals surface area contributed by atoms with E-state index < -0.39 is 0 Å². The average Bonchev–Trinajstić information content (AvgIpc) is 3.14. The molecule has 0 spiro atoms. The zero-order chi connectivity index (χ0) is 20.6. The van der Waals surface area contributed by atoms with Crippen LogP contribution < -0.4 is 25.0 Å². The van der Waals surface area contributed by atoms with Crippen LogP contribution in [0.25, 0.3) is 0 Å². The Labute approximate surface area is 171 Å². The maximum Gasteiger partial charge on any atom is 0.243 e. The van der Waals surface area contributed by atoms with Crippen LogP contribution in [0.2, 0.25) is 0 Å². The lowest BCUT2D eigenvalue weighted by Crippen LogP contribution is -2.26. The van der Waals surface area contributed by atoms with E-state index in [-0.39, 0.29) is 18.4 Å². The molecule has 0 radical (unpaired) electrons. The van der Waals surface area contributed by atoms with Crippen LogP contribution in [0.1, 0.15) is 26.7 Å². The molecule has 0 aromatic heterocycles. The third-order valence-electron chi connectivity index (χ3n) is 4.54. The zero-order valence-corrected chi connectivity index (χ0v) is 16.9. The Kier molecular flexibility index (Phi) is 6.94. The molecular formula is C22H27N3O4. The Morgan fingerprint density at radius 2 is 1.86 bits per heavy atom. The number of para-hydroxylation sites is 2. The van der Waals surface area contributed by atoms with Crippen LogP contribution in [0, 0.1) is 0 Å². The largest absolute Gasteiger partial charge is 0.494 e. The van der Waals surface area contributed by atoms with E-state index >= 15 is 0 Å². The molecule has 2 aromatic rings. The summed E-state index contributed by atoms with van der Waals surface area (Å²) >= 11 is 0. The topological polar surface area (TPSA) is 79.9 Å². The number of carbonyl (C=O) groups excluding carboxylic acids is 2. The van der Waals surface area contributed by atoms with E-state index in [4.69, 9.17) is 9.47 Å². The predicted octanol–water partition coefficient (Wildman–Crippen LogP) is 3.66. The number of anilines is 3. The van der Waals surface area contributed by atoms with E-state index in [2.05, 4.69) is 10.6 Å². The number of ether oxygens (including phenoxy) is 2. The lowest BCUT2D eigenvalue weighted by molar-refractivity contribution is -0.117. The number of benzene rings is 2. The molecule has 2 N–H and O–H groups in total. The van der Waals surface area contributed by atoms with Crippen LogP contribution in [-0.4, -0.2) is 38.1 Å². The van der Waals surface area contributed by atoms with Crippen molar-refractivity contribution < 1.29 is 19.1 Å². The molecule has 29 heavy (non-hydrogen) atoms. The van der Waals surface area contributed by atoms with Crippen molar-refractivity contribution in [1.29, 1.82) is 0 Å². The molecule has 1 heterocycles. The van der Waals surface area contributed by atoms with Gasteiger partial charge in [-0.3, -0.25) is 9.59 Å². The molecule has 0 unspecified atom stereocenters. The third-order valence-corrected chi connectivity index (χ3v) is 4.54. The molecule has 1 aliphatic rings. The van der Waals surface area contributed by atoms with Crippen LogP contribution in [0.3, 0.4) is 0 Å². The quantitative estimate of drug-likeness (QED) is 0.675. The van der Waals surface area contributed by atoms with Crippen molar-refractivity contribution in [2.24, 2.45) is 0 Å². The highest BCUT2D eigenvalue weighted by Crippen LogP contribution is 2.31. The molecule has 1 aliphatic heterocycles. The number of hydrogen-bond acceptors (Lipinski definition) is 5. The normalized spacial score (nSPS) is 13.3. The van der Waals surface area contributed by atoms with Gasteiger partial charge in [-0.05, 0) is 44.5 Å². The summed E-state index contributed by atoms with van der Waals surface area (Å²) in [7, 11) is 0. The average molecular weight is 397 g/mol. The summed E-state index contributed by atoms with van der Waals surface area (Å²) in [4.78, 5) is 26.4. The number of rotatable bonds is 9. The van der Waals surface area contributed by atoms with Crippen LogP contribution in [0.4, 0.5) is 17.1 Å². The summed E-state index contributed by atoms with van der Waals surface area (Å²) in [6.07, 6.45) is 1.41. The second kappa shape index (κ2) is 9.82. The van der Waals surface area contributed by atoms with Gasteiger partial charge in [0, 0.05) is 19.0 Å². The molecular weight excluding hydrogens is 370 g/mol. The van der Waals surface area contributed by atoms with Crippen LogP contribution in [-0.2, 0) is 9.59 Å². The van der Waals surface area contributed by atoms with Gasteiger partial charge in [0.05, 0.1) is 36.8 Å². The Balaban J connectivity index is 1.68. The summed E-state index contributed by atoms with van der Waals surface area (Å²) in [5.74, 6) is 1.14. The molecule has 7 heteroatoms. The molecule has 2 aromatic carbocycles. The first kappa shape index (κ1) is 20.5. The van der Waals surface area contributed by atoms with E-state index in [1.165, 1.54) is 0 Å². The fraction of sp³-hybridized carbons (Fsp3) is 0.364. The van der Waals surface area contributed by atoms with E-state index in [0.717, 1.165) is 17.8 Å². The van der Waals surface area contributed by atoms with Crippen molar-refractivity contribution in [2.45, 2.75) is 26.7 Å². The molecule has 0 saturated carbocycles. The van der Waals surface area contributed by atoms with Crippen molar-refractivity contribution >= 4 is 28.9 Å². The smallest absolute Gasteiger partial charge is 0.243 e. The van der Waals surface area contributed by atoms with Crippen molar-refractivity contribution in [3.63, 3.8) is 0 Å². The molecule has 1 fully saturated rings. The monoisotopic (exact) mass is 397 g/mol. The summed E-state index contributed by atoms with van der Waals surface area (Å²) in [6, 6.07) is 12.9. The van der Waals surface area contributed by atoms with Crippen molar-refractivity contribution in [1.82, 2.24) is 0 Å². The Morgan fingerprint density at radius 1 is 1.07 bits per heavy atom. The molecule has 0 bridgehead atoms. The number of carbonyl (C=O) groups is 2. The van der Waals surface area contributed by atoms with Crippen molar-refractivity contribution in [3.8, 4) is 11.5 Å². The maximum atomic E-state index is 12.6. The fourth-order valence-electron chi connectivity index (χ4n) is 3.28. The minimum Gasteiger partial charge on any atom is -0.494 e. The molecule has 2 amide bonds. The van der Waals surface area contributed by atoms with E-state index in [1.807, 2.05) is 44.2 Å². The molecule has 0 atom stereocenters. The lowest BCUT2D eigenvalue weighted by Gasteiger charge is -2.20. The standard InChI is InChI=1S/C22H27N3O4/c1-3-28-16-11-12-20(29-4-2)18(14-16)24-21(26)15-23-17-8-5-6-9-19(17)25-13-7-10-22(25)27/h5-6,8-9,11-12,14,23H,3-4,7,10,13,15H2,1-2H3,(H,24,26). The number of hydrogen-bond donors (Lipinski definition) is 2. The molecule has 0 aliphatic carbocycles. The molecule has 7 nitrogen and oxygen atoms in total. The Morgan fingerprint density at radius 3 is 2.59 bits per heavy atom. The summed E-state index contributed by atoms with van der Waals surface area (Å²) in [6.45, 7) is 5.58. The first-order valence-corrected chi connectivity index (χ1v) is 9.95. The number of amides is 2. The zero-order valence-electron chi connectivity index (χ0n) is 16.9. The van der Waals surface area contributed by atoms with E-state index in [1.54, 1.807) is 17.0 Å². The summed E-state index contributed by atoms with van der Waals surface area (Å²) < 4.78 is 11.1. The third kappa shape index (κ3) is 5.19. The molecule has 154 valence electrons.